The van der Waals surface area contributed by atoms with Crippen LogP contribution in [0.4, 0.5) is 0 Å². The number of hydrogen-bond acceptors (Lipinski definition) is 2. The van der Waals surface area contributed by atoms with E-state index in [0.717, 1.165) is 18.0 Å². The zero-order valence-corrected chi connectivity index (χ0v) is 10.1. The van der Waals surface area contributed by atoms with Crippen LogP contribution in [0.15, 0.2) is 18.5 Å². The van der Waals surface area contributed by atoms with E-state index < -0.39 is 0 Å². The first-order valence-corrected chi connectivity index (χ1v) is 5.99. The van der Waals surface area contributed by atoms with Gasteiger partial charge in [-0.2, -0.15) is 0 Å². The molecule has 0 atom stereocenters. The summed E-state index contributed by atoms with van der Waals surface area (Å²) in [7, 11) is 3.98. The highest BCUT2D eigenvalue weighted by Gasteiger charge is 2.20. The molecule has 0 saturated heterocycles. The normalized spacial score (nSPS) is 16.4. The third-order valence-electron chi connectivity index (χ3n) is 3.36. The van der Waals surface area contributed by atoms with E-state index in [4.69, 9.17) is 0 Å². The Morgan fingerprint density at radius 3 is 2.81 bits per heavy atom. The summed E-state index contributed by atoms with van der Waals surface area (Å²) >= 11 is 0. The molecule has 0 spiro atoms. The summed E-state index contributed by atoms with van der Waals surface area (Å²) in [6, 6.07) is 1.89. The number of hydrogen-bond donors (Lipinski definition) is 0. The van der Waals surface area contributed by atoms with Crippen LogP contribution < -0.4 is 0 Å². The van der Waals surface area contributed by atoms with Gasteiger partial charge in [0.05, 0.1) is 6.54 Å². The molecule has 0 radical (unpaired) electrons. The maximum atomic E-state index is 11.9. The van der Waals surface area contributed by atoms with Crippen molar-refractivity contribution in [3.05, 3.63) is 24.0 Å². The van der Waals surface area contributed by atoms with Crippen LogP contribution in [0.25, 0.3) is 0 Å². The minimum atomic E-state index is 0.224. The molecule has 1 aromatic heterocycles. The highest BCUT2D eigenvalue weighted by Crippen LogP contribution is 2.26. The Kier molecular flexibility index (Phi) is 3.44. The van der Waals surface area contributed by atoms with Crippen LogP contribution in [-0.2, 0) is 7.05 Å². The van der Waals surface area contributed by atoms with Crippen molar-refractivity contribution in [2.45, 2.75) is 19.3 Å². The van der Waals surface area contributed by atoms with E-state index >= 15 is 0 Å². The number of Topliss-reactive ketones (excluding diaryl/α,β-unsaturated/α-hetero) is 1. The Balaban J connectivity index is 1.81. The number of nitrogens with zero attached hydrogens (tertiary/aromatic N) is 2. The number of aryl methyl sites for hydroxylation is 1. The summed E-state index contributed by atoms with van der Waals surface area (Å²) in [6.45, 7) is 1.61. The topological polar surface area (TPSA) is 25.2 Å². The molecule has 1 aromatic rings. The van der Waals surface area contributed by atoms with Gasteiger partial charge in [-0.3, -0.25) is 9.69 Å². The van der Waals surface area contributed by atoms with Crippen LogP contribution in [0, 0.1) is 5.92 Å². The fraction of sp³-hybridized carbons (Fsp3) is 0.615. The highest BCUT2D eigenvalue weighted by molar-refractivity contribution is 5.97. The number of ketones is 1. The molecule has 1 fully saturated rings. The average Bonchev–Trinajstić information content (AvgIpc) is 2.58. The molecular formula is C13H20N2O. The zero-order valence-electron chi connectivity index (χ0n) is 10.1. The van der Waals surface area contributed by atoms with Crippen molar-refractivity contribution in [1.29, 1.82) is 0 Å². The van der Waals surface area contributed by atoms with E-state index in [1.165, 1.54) is 19.3 Å². The van der Waals surface area contributed by atoms with Gasteiger partial charge < -0.3 is 4.57 Å². The minimum absolute atomic E-state index is 0.224. The van der Waals surface area contributed by atoms with Crippen molar-refractivity contribution in [3.63, 3.8) is 0 Å². The Morgan fingerprint density at radius 1 is 1.56 bits per heavy atom. The van der Waals surface area contributed by atoms with Crippen LogP contribution in [0.3, 0.4) is 0 Å². The van der Waals surface area contributed by atoms with Crippen LogP contribution in [0.1, 0.15) is 29.6 Å². The van der Waals surface area contributed by atoms with E-state index in [-0.39, 0.29) is 5.78 Å². The van der Waals surface area contributed by atoms with Crippen molar-refractivity contribution < 1.29 is 4.79 Å². The van der Waals surface area contributed by atoms with Gasteiger partial charge in [-0.15, -0.1) is 0 Å². The van der Waals surface area contributed by atoms with E-state index in [0.29, 0.717) is 6.54 Å². The molecule has 1 aliphatic carbocycles. The first-order chi connectivity index (χ1) is 7.65. The van der Waals surface area contributed by atoms with Crippen LogP contribution in [-0.4, -0.2) is 35.4 Å². The molecule has 3 nitrogen and oxygen atoms in total. The fourth-order valence-corrected chi connectivity index (χ4v) is 2.19. The Hall–Kier alpha value is -1.09. The standard InChI is InChI=1S/C13H20N2O/c1-14-7-6-12(9-14)13(16)10-15(2)8-11-4-3-5-11/h6-7,9,11H,3-5,8,10H2,1-2H3. The van der Waals surface area contributed by atoms with Crippen molar-refractivity contribution in [1.82, 2.24) is 9.47 Å². The second-order valence-electron chi connectivity index (χ2n) is 4.98. The summed E-state index contributed by atoms with van der Waals surface area (Å²) in [4.78, 5) is 14.1. The molecule has 16 heavy (non-hydrogen) atoms. The molecule has 1 saturated carbocycles. The predicted octanol–water partition coefficient (Wildman–Crippen LogP) is 1.94. The lowest BCUT2D eigenvalue weighted by molar-refractivity contribution is 0.0925. The van der Waals surface area contributed by atoms with Gasteiger partial charge in [-0.1, -0.05) is 6.42 Å². The van der Waals surface area contributed by atoms with Gasteiger partial charge in [-0.25, -0.2) is 0 Å². The third-order valence-corrected chi connectivity index (χ3v) is 3.36. The molecular weight excluding hydrogens is 200 g/mol. The molecule has 0 amide bonds. The first kappa shape index (κ1) is 11.4. The zero-order chi connectivity index (χ0) is 11.5. The molecule has 1 heterocycles. The maximum Gasteiger partial charge on any atom is 0.178 e. The molecule has 1 aliphatic rings. The molecule has 2 rings (SSSR count). The van der Waals surface area contributed by atoms with Crippen LogP contribution >= 0.6 is 0 Å². The van der Waals surface area contributed by atoms with Gasteiger partial charge in [0.2, 0.25) is 0 Å². The lowest BCUT2D eigenvalue weighted by atomic mass is 9.85. The average molecular weight is 220 g/mol. The lowest BCUT2D eigenvalue weighted by Gasteiger charge is -2.29. The monoisotopic (exact) mass is 220 g/mol. The van der Waals surface area contributed by atoms with Crippen molar-refractivity contribution in [2.24, 2.45) is 13.0 Å². The number of aromatic nitrogens is 1. The molecule has 3 heteroatoms. The lowest BCUT2D eigenvalue weighted by Crippen LogP contribution is -2.33. The Labute approximate surface area is 97.1 Å². The van der Waals surface area contributed by atoms with Gasteiger partial charge in [0.1, 0.15) is 0 Å². The van der Waals surface area contributed by atoms with E-state index in [9.17, 15) is 4.79 Å². The Morgan fingerprint density at radius 2 is 2.31 bits per heavy atom. The van der Waals surface area contributed by atoms with E-state index in [1.54, 1.807) is 0 Å². The molecule has 0 bridgehead atoms. The molecule has 0 aromatic carbocycles. The smallest absolute Gasteiger partial charge is 0.178 e. The largest absolute Gasteiger partial charge is 0.357 e. The van der Waals surface area contributed by atoms with Crippen molar-refractivity contribution in [3.8, 4) is 0 Å². The summed E-state index contributed by atoms with van der Waals surface area (Å²) in [5, 5.41) is 0. The summed E-state index contributed by atoms with van der Waals surface area (Å²) < 4.78 is 1.92. The first-order valence-electron chi connectivity index (χ1n) is 5.99. The number of carbonyl (C=O) groups excluding carboxylic acids is 1. The second kappa shape index (κ2) is 4.83. The third kappa shape index (κ3) is 2.73. The molecule has 0 aliphatic heterocycles. The predicted molar refractivity (Wildman–Crippen MR) is 64.6 cm³/mol. The molecule has 0 unspecified atom stereocenters. The van der Waals surface area contributed by atoms with Gasteiger partial charge >= 0.3 is 0 Å². The maximum absolute atomic E-state index is 11.9. The minimum Gasteiger partial charge on any atom is -0.357 e. The van der Waals surface area contributed by atoms with Gasteiger partial charge in [0.25, 0.3) is 0 Å². The summed E-state index contributed by atoms with van der Waals surface area (Å²) in [6.07, 6.45) is 7.84. The van der Waals surface area contributed by atoms with E-state index in [2.05, 4.69) is 4.90 Å². The quantitative estimate of drug-likeness (QED) is 0.709. The number of likely N-dealkylation sites (N-methyl/N-ethyl adjacent to an activating group) is 1. The molecule has 0 N–H and O–H groups in total. The van der Waals surface area contributed by atoms with Gasteiger partial charge in [-0.05, 0) is 31.9 Å². The molecule has 88 valence electrons. The van der Waals surface area contributed by atoms with Gasteiger partial charge in [0, 0.05) is 31.5 Å². The van der Waals surface area contributed by atoms with Crippen molar-refractivity contribution in [2.75, 3.05) is 20.1 Å². The highest BCUT2D eigenvalue weighted by atomic mass is 16.1. The van der Waals surface area contributed by atoms with Crippen molar-refractivity contribution >= 4 is 5.78 Å². The summed E-state index contributed by atoms with van der Waals surface area (Å²) in [5.74, 6) is 1.05. The number of carbonyl (C=O) groups is 1. The van der Waals surface area contributed by atoms with Crippen LogP contribution in [0.5, 0.6) is 0 Å². The fourth-order valence-electron chi connectivity index (χ4n) is 2.19. The number of rotatable bonds is 5. The van der Waals surface area contributed by atoms with E-state index in [1.807, 2.05) is 37.1 Å². The second-order valence-corrected chi connectivity index (χ2v) is 4.98. The Bertz CT molecular complexity index is 366. The SMILES string of the molecule is CN(CC(=O)c1ccn(C)c1)CC1CCC1. The van der Waals surface area contributed by atoms with Crippen LogP contribution in [0.2, 0.25) is 0 Å². The summed E-state index contributed by atoms with van der Waals surface area (Å²) in [5.41, 5.74) is 0.822. The van der Waals surface area contributed by atoms with Gasteiger partial charge in [0.15, 0.2) is 5.78 Å².